The third-order valence-corrected chi connectivity index (χ3v) is 3.78. The summed E-state index contributed by atoms with van der Waals surface area (Å²) in [5, 5.41) is 4.07. The molecular formula is C15H18N2O2S. The van der Waals surface area contributed by atoms with Crippen molar-refractivity contribution in [3.63, 3.8) is 0 Å². The molecule has 4 nitrogen and oxygen atoms in total. The van der Waals surface area contributed by atoms with Gasteiger partial charge in [-0.05, 0) is 37.4 Å². The molecule has 106 valence electrons. The quantitative estimate of drug-likeness (QED) is 0.829. The van der Waals surface area contributed by atoms with E-state index in [1.54, 1.807) is 6.92 Å². The highest BCUT2D eigenvalue weighted by atomic mass is 32.1. The summed E-state index contributed by atoms with van der Waals surface area (Å²) in [5.74, 6) is -0.305. The van der Waals surface area contributed by atoms with E-state index in [1.165, 1.54) is 17.1 Å². The lowest BCUT2D eigenvalue weighted by Crippen LogP contribution is -2.10. The van der Waals surface area contributed by atoms with Crippen LogP contribution in [0.25, 0.3) is 0 Å². The molecule has 20 heavy (non-hydrogen) atoms. The molecule has 0 aliphatic rings. The monoisotopic (exact) mass is 290 g/mol. The normalized spacial score (nSPS) is 10.3. The van der Waals surface area contributed by atoms with Gasteiger partial charge in [-0.15, -0.1) is 0 Å². The topological polar surface area (TPSA) is 51.2 Å². The summed E-state index contributed by atoms with van der Waals surface area (Å²) < 4.78 is 9.28. The zero-order chi connectivity index (χ0) is 14.4. The predicted molar refractivity (Wildman–Crippen MR) is 81.4 cm³/mol. The van der Waals surface area contributed by atoms with Crippen molar-refractivity contribution >= 4 is 22.5 Å². The molecule has 2 rings (SSSR count). The Morgan fingerprint density at radius 3 is 2.80 bits per heavy atom. The summed E-state index contributed by atoms with van der Waals surface area (Å²) in [6, 6.07) is 10.2. The van der Waals surface area contributed by atoms with Crippen molar-refractivity contribution < 1.29 is 9.53 Å². The summed E-state index contributed by atoms with van der Waals surface area (Å²) in [7, 11) is 0. The van der Waals surface area contributed by atoms with Gasteiger partial charge in [0.2, 0.25) is 0 Å². The Morgan fingerprint density at radius 1 is 1.35 bits per heavy atom. The second-order valence-electron chi connectivity index (χ2n) is 4.35. The fourth-order valence-electron chi connectivity index (χ4n) is 1.90. The maximum Gasteiger partial charge on any atom is 0.343 e. The van der Waals surface area contributed by atoms with Crippen LogP contribution in [0.15, 0.2) is 30.3 Å². The highest BCUT2D eigenvalue weighted by Gasteiger charge is 2.19. The van der Waals surface area contributed by atoms with Crippen molar-refractivity contribution in [1.29, 1.82) is 0 Å². The number of anilines is 1. The summed E-state index contributed by atoms with van der Waals surface area (Å²) in [4.78, 5) is 11.9. The summed E-state index contributed by atoms with van der Waals surface area (Å²) in [5.41, 5.74) is 2.54. The number of carbonyl (C=O) groups excluding carboxylic acids is 1. The Balaban J connectivity index is 1.98. The maximum absolute atomic E-state index is 11.9. The van der Waals surface area contributed by atoms with E-state index in [-0.39, 0.29) is 5.97 Å². The van der Waals surface area contributed by atoms with Gasteiger partial charge in [0.25, 0.3) is 0 Å². The van der Waals surface area contributed by atoms with Gasteiger partial charge >= 0.3 is 5.97 Å². The molecule has 0 saturated carbocycles. The van der Waals surface area contributed by atoms with E-state index in [0.29, 0.717) is 12.2 Å². The fraction of sp³-hybridized carbons (Fsp3) is 0.333. The summed E-state index contributed by atoms with van der Waals surface area (Å²) >= 11 is 1.30. The zero-order valence-corrected chi connectivity index (χ0v) is 12.5. The zero-order valence-electron chi connectivity index (χ0n) is 11.7. The van der Waals surface area contributed by atoms with Crippen LogP contribution in [0.5, 0.6) is 0 Å². The Labute approximate surface area is 123 Å². The van der Waals surface area contributed by atoms with E-state index in [4.69, 9.17) is 4.74 Å². The van der Waals surface area contributed by atoms with Crippen molar-refractivity contribution in [2.45, 2.75) is 20.3 Å². The maximum atomic E-state index is 11.9. The highest BCUT2D eigenvalue weighted by Crippen LogP contribution is 2.25. The van der Waals surface area contributed by atoms with Crippen LogP contribution in [0, 0.1) is 6.92 Å². The number of hydrogen-bond acceptors (Lipinski definition) is 5. The minimum Gasteiger partial charge on any atom is -0.462 e. The molecule has 0 unspecified atom stereocenters. The average Bonchev–Trinajstić information content (AvgIpc) is 2.81. The minimum atomic E-state index is -0.305. The van der Waals surface area contributed by atoms with E-state index in [9.17, 15) is 4.79 Å². The van der Waals surface area contributed by atoms with Crippen LogP contribution < -0.4 is 5.32 Å². The van der Waals surface area contributed by atoms with Crippen LogP contribution in [0.2, 0.25) is 0 Å². The molecular weight excluding hydrogens is 272 g/mol. The lowest BCUT2D eigenvalue weighted by Gasteiger charge is -2.07. The summed E-state index contributed by atoms with van der Waals surface area (Å²) in [6.45, 7) is 4.76. The van der Waals surface area contributed by atoms with Crippen molar-refractivity contribution in [2.75, 3.05) is 18.5 Å². The minimum absolute atomic E-state index is 0.305. The number of hydrogen-bond donors (Lipinski definition) is 1. The molecule has 1 aromatic carbocycles. The SMILES string of the molecule is CCOC(=O)c1c(C)nsc1NCCc1ccccc1. The first-order chi connectivity index (χ1) is 9.72. The lowest BCUT2D eigenvalue weighted by molar-refractivity contribution is 0.0527. The Hall–Kier alpha value is -1.88. The number of benzene rings is 1. The van der Waals surface area contributed by atoms with Gasteiger partial charge in [-0.2, -0.15) is 4.37 Å². The number of carbonyl (C=O) groups is 1. The van der Waals surface area contributed by atoms with Crippen molar-refractivity contribution in [3.05, 3.63) is 47.2 Å². The lowest BCUT2D eigenvalue weighted by atomic mass is 10.1. The van der Waals surface area contributed by atoms with Gasteiger partial charge in [0.05, 0.1) is 12.3 Å². The molecule has 0 radical (unpaired) electrons. The van der Waals surface area contributed by atoms with E-state index in [2.05, 4.69) is 21.8 Å². The molecule has 0 spiro atoms. The molecule has 2 aromatic rings. The van der Waals surface area contributed by atoms with E-state index in [0.717, 1.165) is 23.7 Å². The second-order valence-corrected chi connectivity index (χ2v) is 5.13. The Bertz CT molecular complexity index is 567. The summed E-state index contributed by atoms with van der Waals surface area (Å²) in [6.07, 6.45) is 0.903. The number of nitrogens with zero attached hydrogens (tertiary/aromatic N) is 1. The van der Waals surface area contributed by atoms with Gasteiger partial charge < -0.3 is 10.1 Å². The van der Waals surface area contributed by atoms with Gasteiger partial charge in [-0.3, -0.25) is 0 Å². The first kappa shape index (κ1) is 14.5. The van der Waals surface area contributed by atoms with Gasteiger partial charge in [0.1, 0.15) is 10.6 Å². The van der Waals surface area contributed by atoms with Crippen LogP contribution in [0.1, 0.15) is 28.5 Å². The average molecular weight is 290 g/mol. The van der Waals surface area contributed by atoms with E-state index < -0.39 is 0 Å². The molecule has 1 heterocycles. The fourth-order valence-corrected chi connectivity index (χ4v) is 2.71. The van der Waals surface area contributed by atoms with Crippen LogP contribution in [0.4, 0.5) is 5.00 Å². The standard InChI is InChI=1S/C15H18N2O2S/c1-3-19-15(18)13-11(2)17-20-14(13)16-10-9-12-7-5-4-6-8-12/h4-8,16H,3,9-10H2,1-2H3. The molecule has 1 aromatic heterocycles. The third-order valence-electron chi connectivity index (χ3n) is 2.88. The van der Waals surface area contributed by atoms with Gasteiger partial charge in [-0.1, -0.05) is 30.3 Å². The molecule has 0 bridgehead atoms. The van der Waals surface area contributed by atoms with Crippen LogP contribution in [0.3, 0.4) is 0 Å². The molecule has 0 fully saturated rings. The number of aryl methyl sites for hydroxylation is 1. The van der Waals surface area contributed by atoms with Crippen molar-refractivity contribution in [1.82, 2.24) is 4.37 Å². The second kappa shape index (κ2) is 7.05. The third kappa shape index (κ3) is 3.57. The molecule has 0 amide bonds. The molecule has 0 saturated heterocycles. The van der Waals surface area contributed by atoms with Gasteiger partial charge in [-0.25, -0.2) is 4.79 Å². The molecule has 5 heteroatoms. The number of esters is 1. The van der Waals surface area contributed by atoms with E-state index >= 15 is 0 Å². The van der Waals surface area contributed by atoms with Gasteiger partial charge in [0, 0.05) is 6.54 Å². The highest BCUT2D eigenvalue weighted by molar-refractivity contribution is 7.10. The number of rotatable bonds is 6. The number of ether oxygens (including phenoxy) is 1. The molecule has 1 N–H and O–H groups in total. The predicted octanol–water partition coefficient (Wildman–Crippen LogP) is 3.28. The smallest absolute Gasteiger partial charge is 0.343 e. The van der Waals surface area contributed by atoms with E-state index in [1.807, 2.05) is 25.1 Å². The van der Waals surface area contributed by atoms with Crippen LogP contribution >= 0.6 is 11.5 Å². The van der Waals surface area contributed by atoms with Crippen LogP contribution in [-0.4, -0.2) is 23.5 Å². The van der Waals surface area contributed by atoms with Crippen LogP contribution in [-0.2, 0) is 11.2 Å². The number of nitrogens with one attached hydrogen (secondary N) is 1. The Morgan fingerprint density at radius 2 is 2.10 bits per heavy atom. The van der Waals surface area contributed by atoms with Gasteiger partial charge in [0.15, 0.2) is 0 Å². The molecule has 0 aliphatic heterocycles. The number of aromatic nitrogens is 1. The molecule has 0 aliphatic carbocycles. The van der Waals surface area contributed by atoms with Crippen molar-refractivity contribution in [3.8, 4) is 0 Å². The van der Waals surface area contributed by atoms with Crippen molar-refractivity contribution in [2.24, 2.45) is 0 Å². The first-order valence-electron chi connectivity index (χ1n) is 6.63. The first-order valence-corrected chi connectivity index (χ1v) is 7.41. The Kier molecular flexibility index (Phi) is 5.12. The molecule has 0 atom stereocenters. The largest absolute Gasteiger partial charge is 0.462 e.